The number of benzene rings is 4. The maximum absolute atomic E-state index is 13.5. The lowest BCUT2D eigenvalue weighted by Crippen LogP contribution is -2.17. The van der Waals surface area contributed by atoms with Gasteiger partial charge in [-0.1, -0.05) is 41.5 Å². The number of hydrogen-bond acceptors (Lipinski definition) is 5. The molecule has 4 aromatic rings. The summed E-state index contributed by atoms with van der Waals surface area (Å²) in [5.41, 5.74) is 4.21. The monoisotopic (exact) mass is 510 g/mol. The van der Waals surface area contributed by atoms with Crippen molar-refractivity contribution < 1.29 is 21.9 Å². The molecule has 0 amide bonds. The third-order valence-electron chi connectivity index (χ3n) is 5.73. The molecule has 9 heteroatoms. The van der Waals surface area contributed by atoms with Crippen LogP contribution in [0.1, 0.15) is 22.3 Å². The molecule has 4 aromatic carbocycles. The molecule has 0 fully saturated rings. The molecule has 7 nitrogen and oxygen atoms in total. The van der Waals surface area contributed by atoms with E-state index < -0.39 is 20.0 Å². The predicted octanol–water partition coefficient (Wildman–Crippen LogP) is 5.38. The number of phenols is 1. The van der Waals surface area contributed by atoms with Gasteiger partial charge in [0.05, 0.1) is 21.2 Å². The van der Waals surface area contributed by atoms with E-state index in [0.29, 0.717) is 16.8 Å². The number of rotatable bonds is 6. The Kier molecular flexibility index (Phi) is 6.25. The third kappa shape index (κ3) is 5.11. The van der Waals surface area contributed by atoms with Crippen molar-refractivity contribution in [2.24, 2.45) is 0 Å². The minimum atomic E-state index is -4.21. The van der Waals surface area contributed by atoms with Crippen molar-refractivity contribution in [2.75, 3.05) is 9.44 Å². The van der Waals surface area contributed by atoms with Crippen LogP contribution in [0.25, 0.3) is 10.8 Å². The van der Waals surface area contributed by atoms with Crippen LogP contribution in [0.15, 0.2) is 76.5 Å². The topological polar surface area (TPSA) is 113 Å². The molecule has 0 aromatic heterocycles. The van der Waals surface area contributed by atoms with Gasteiger partial charge in [0.25, 0.3) is 20.0 Å². The highest BCUT2D eigenvalue weighted by Gasteiger charge is 2.24. The molecular formula is C26H26N2O5S2. The largest absolute Gasteiger partial charge is 0.508 e. The lowest BCUT2D eigenvalue weighted by atomic mass is 10.1. The van der Waals surface area contributed by atoms with Gasteiger partial charge in [-0.2, -0.15) is 0 Å². The van der Waals surface area contributed by atoms with Gasteiger partial charge >= 0.3 is 0 Å². The van der Waals surface area contributed by atoms with Crippen LogP contribution >= 0.6 is 0 Å². The number of sulfonamides is 2. The SMILES string of the molecule is Cc1ccc(NS(=O)(=O)c2cc(S(=O)(=O)Nc3ccc(C)cc3C)c3cc(O)ccc3c2)c(C)c1. The molecular weight excluding hydrogens is 484 g/mol. The van der Waals surface area contributed by atoms with Gasteiger partial charge in [-0.25, -0.2) is 16.8 Å². The Morgan fingerprint density at radius 2 is 1.17 bits per heavy atom. The summed E-state index contributed by atoms with van der Waals surface area (Å²) in [5, 5.41) is 10.6. The second kappa shape index (κ2) is 8.90. The van der Waals surface area contributed by atoms with Gasteiger partial charge in [0, 0.05) is 5.39 Å². The minimum Gasteiger partial charge on any atom is -0.508 e. The number of aromatic hydroxyl groups is 1. The Morgan fingerprint density at radius 3 is 1.71 bits per heavy atom. The van der Waals surface area contributed by atoms with E-state index in [9.17, 15) is 21.9 Å². The van der Waals surface area contributed by atoms with E-state index in [1.807, 2.05) is 26.0 Å². The van der Waals surface area contributed by atoms with Crippen LogP contribution in [0, 0.1) is 27.7 Å². The van der Waals surface area contributed by atoms with Crippen molar-refractivity contribution in [1.29, 1.82) is 0 Å². The Labute approximate surface area is 205 Å². The van der Waals surface area contributed by atoms with Gasteiger partial charge in [0.2, 0.25) is 0 Å². The molecule has 0 saturated carbocycles. The van der Waals surface area contributed by atoms with E-state index in [1.165, 1.54) is 24.3 Å². The zero-order valence-corrected chi connectivity index (χ0v) is 21.4. The summed E-state index contributed by atoms with van der Waals surface area (Å²) >= 11 is 0. The van der Waals surface area contributed by atoms with Crippen LogP contribution in [0.2, 0.25) is 0 Å². The van der Waals surface area contributed by atoms with E-state index in [4.69, 9.17) is 0 Å². The van der Waals surface area contributed by atoms with Gasteiger partial charge in [0.15, 0.2) is 0 Å². The van der Waals surface area contributed by atoms with Crippen molar-refractivity contribution in [2.45, 2.75) is 37.5 Å². The fourth-order valence-corrected chi connectivity index (χ4v) is 6.57. The van der Waals surface area contributed by atoms with E-state index in [-0.39, 0.29) is 20.9 Å². The number of nitrogens with one attached hydrogen (secondary N) is 2. The van der Waals surface area contributed by atoms with Gasteiger partial charge in [-0.3, -0.25) is 9.44 Å². The molecule has 0 radical (unpaired) electrons. The first-order chi connectivity index (χ1) is 16.4. The number of anilines is 2. The average Bonchev–Trinajstić information content (AvgIpc) is 2.76. The summed E-state index contributed by atoms with van der Waals surface area (Å²) in [4.78, 5) is -0.469. The first-order valence-electron chi connectivity index (χ1n) is 10.8. The summed E-state index contributed by atoms with van der Waals surface area (Å²) < 4.78 is 58.7. The van der Waals surface area contributed by atoms with Crippen LogP contribution in [0.3, 0.4) is 0 Å². The molecule has 182 valence electrons. The van der Waals surface area contributed by atoms with Gasteiger partial charge in [-0.05, 0) is 80.6 Å². The summed E-state index contributed by atoms with van der Waals surface area (Å²) in [7, 11) is -8.34. The zero-order valence-electron chi connectivity index (χ0n) is 19.7. The Bertz CT molecular complexity index is 1680. The van der Waals surface area contributed by atoms with E-state index in [2.05, 4.69) is 9.44 Å². The molecule has 0 heterocycles. The molecule has 0 atom stereocenters. The van der Waals surface area contributed by atoms with Crippen molar-refractivity contribution in [3.05, 3.63) is 89.0 Å². The third-order valence-corrected chi connectivity index (χ3v) is 8.48. The highest BCUT2D eigenvalue weighted by Crippen LogP contribution is 2.32. The number of hydrogen-bond donors (Lipinski definition) is 3. The smallest absolute Gasteiger partial charge is 0.262 e. The first-order valence-corrected chi connectivity index (χ1v) is 13.8. The van der Waals surface area contributed by atoms with Gasteiger partial charge < -0.3 is 5.11 Å². The summed E-state index contributed by atoms with van der Waals surface area (Å²) in [6.07, 6.45) is 0. The molecule has 0 aliphatic heterocycles. The van der Waals surface area contributed by atoms with Crippen LogP contribution in [-0.2, 0) is 20.0 Å². The molecule has 0 aliphatic rings. The Hall–Kier alpha value is -3.56. The molecule has 4 rings (SSSR count). The molecule has 3 N–H and O–H groups in total. The number of fused-ring (bicyclic) bond motifs is 1. The highest BCUT2D eigenvalue weighted by molar-refractivity contribution is 7.93. The lowest BCUT2D eigenvalue weighted by molar-refractivity contribution is 0.476. The molecule has 0 aliphatic carbocycles. The zero-order chi connectivity index (χ0) is 25.5. The quantitative estimate of drug-likeness (QED) is 0.322. The summed E-state index contributed by atoms with van der Waals surface area (Å²) in [5.74, 6) is -0.135. The van der Waals surface area contributed by atoms with Crippen molar-refractivity contribution in [1.82, 2.24) is 0 Å². The summed E-state index contributed by atoms with van der Waals surface area (Å²) in [6.45, 7) is 7.38. The van der Waals surface area contributed by atoms with Crippen LogP contribution in [0.5, 0.6) is 5.75 Å². The number of aryl methyl sites for hydroxylation is 4. The van der Waals surface area contributed by atoms with Crippen LogP contribution in [-0.4, -0.2) is 21.9 Å². The second-order valence-electron chi connectivity index (χ2n) is 8.67. The highest BCUT2D eigenvalue weighted by atomic mass is 32.2. The van der Waals surface area contributed by atoms with Crippen molar-refractivity contribution in [3.63, 3.8) is 0 Å². The minimum absolute atomic E-state index is 0.135. The predicted molar refractivity (Wildman–Crippen MR) is 139 cm³/mol. The van der Waals surface area contributed by atoms with Crippen LogP contribution < -0.4 is 9.44 Å². The molecule has 0 spiro atoms. The van der Waals surface area contributed by atoms with Crippen LogP contribution in [0.4, 0.5) is 11.4 Å². The fraction of sp³-hybridized carbons (Fsp3) is 0.154. The second-order valence-corrected chi connectivity index (χ2v) is 12.0. The van der Waals surface area contributed by atoms with E-state index >= 15 is 0 Å². The maximum Gasteiger partial charge on any atom is 0.262 e. The fourth-order valence-electron chi connectivity index (χ4n) is 3.92. The van der Waals surface area contributed by atoms with Crippen molar-refractivity contribution >= 4 is 42.2 Å². The molecule has 0 bridgehead atoms. The molecule has 0 unspecified atom stereocenters. The lowest BCUT2D eigenvalue weighted by Gasteiger charge is -2.16. The van der Waals surface area contributed by atoms with E-state index in [1.54, 1.807) is 38.1 Å². The number of phenolic OH excluding ortho intramolecular Hbond substituents is 1. The standard InChI is InChI=1S/C26H26N2O5S2/c1-16-5-9-24(18(3)11-16)27-34(30,31)22-13-20-7-8-21(29)14-23(20)26(15-22)35(32,33)28-25-10-6-17(2)12-19(25)4/h5-15,27-29H,1-4H3. The Balaban J connectivity index is 1.86. The normalized spacial score (nSPS) is 12.0. The van der Waals surface area contributed by atoms with E-state index in [0.717, 1.165) is 28.3 Å². The first kappa shape index (κ1) is 24.6. The van der Waals surface area contributed by atoms with Gasteiger partial charge in [-0.15, -0.1) is 0 Å². The summed E-state index contributed by atoms with van der Waals surface area (Å²) in [6, 6.07) is 17.3. The van der Waals surface area contributed by atoms with Crippen molar-refractivity contribution in [3.8, 4) is 5.75 Å². The molecule has 35 heavy (non-hydrogen) atoms. The van der Waals surface area contributed by atoms with Gasteiger partial charge in [0.1, 0.15) is 5.75 Å². The average molecular weight is 511 g/mol. The Morgan fingerprint density at radius 1 is 0.629 bits per heavy atom. The maximum atomic E-state index is 13.5. The molecule has 0 saturated heterocycles.